The van der Waals surface area contributed by atoms with Crippen molar-refractivity contribution in [2.75, 3.05) is 10.6 Å². The third-order valence-corrected chi connectivity index (χ3v) is 8.41. The van der Waals surface area contributed by atoms with Crippen molar-refractivity contribution in [1.82, 2.24) is 4.98 Å². The number of hydrogen-bond acceptors (Lipinski definition) is 2. The maximum atomic E-state index is 13.1. The van der Waals surface area contributed by atoms with Crippen LogP contribution in [-0.4, -0.2) is 15.2 Å². The van der Waals surface area contributed by atoms with E-state index in [1.807, 2.05) is 30.5 Å². The van der Waals surface area contributed by atoms with Crippen LogP contribution in [0.4, 0.5) is 11.4 Å². The third-order valence-electron chi connectivity index (χ3n) is 6.00. The summed E-state index contributed by atoms with van der Waals surface area (Å²) in [4.78, 5) is 16.3. The van der Waals surface area contributed by atoms with Crippen molar-refractivity contribution in [1.29, 1.82) is 0 Å². The second kappa shape index (κ2) is 9.70. The number of rotatable bonds is 6. The van der Waals surface area contributed by atoms with E-state index in [1.54, 1.807) is 30.3 Å². The molecule has 1 saturated carbocycles. The molecule has 1 heterocycles. The van der Waals surface area contributed by atoms with Crippen molar-refractivity contribution in [3.63, 3.8) is 0 Å². The molecule has 5 rings (SSSR count). The number of benzene rings is 3. The Kier molecular flexibility index (Phi) is 6.94. The highest BCUT2D eigenvalue weighted by atomic mass is 79.9. The summed E-state index contributed by atoms with van der Waals surface area (Å²) in [5.74, 6) is -1.37. The maximum absolute atomic E-state index is 13.1. The minimum absolute atomic E-state index is 0.294. The molecule has 0 saturated heterocycles. The average molecular weight is 633 g/mol. The Morgan fingerprint density at radius 1 is 1.00 bits per heavy atom. The number of aromatic amines is 1. The van der Waals surface area contributed by atoms with Crippen molar-refractivity contribution >= 4 is 102 Å². The van der Waals surface area contributed by atoms with Crippen LogP contribution in [-0.2, 0) is 11.3 Å². The smallest absolute Gasteiger partial charge is 0.231 e. The Balaban J connectivity index is 1.30. The predicted octanol–water partition coefficient (Wildman–Crippen LogP) is 9.03. The van der Waals surface area contributed by atoms with Crippen molar-refractivity contribution in [3.05, 3.63) is 91.5 Å². The van der Waals surface area contributed by atoms with Gasteiger partial charge in [0.2, 0.25) is 5.91 Å². The fourth-order valence-corrected chi connectivity index (χ4v) is 6.29. The minimum atomic E-state index is -1.25. The number of aromatic nitrogens is 1. The molecule has 4 nitrogen and oxygen atoms in total. The van der Waals surface area contributed by atoms with Crippen LogP contribution < -0.4 is 10.6 Å². The molecule has 180 valence electrons. The molecule has 35 heavy (non-hydrogen) atoms. The second-order valence-electron chi connectivity index (χ2n) is 8.38. The summed E-state index contributed by atoms with van der Waals surface area (Å²) in [6.45, 7) is 0.454. The van der Waals surface area contributed by atoms with Crippen LogP contribution in [0.3, 0.4) is 0 Å². The van der Waals surface area contributed by atoms with Gasteiger partial charge in [-0.3, -0.25) is 4.79 Å². The van der Waals surface area contributed by atoms with Gasteiger partial charge in [-0.15, -0.1) is 23.2 Å². The molecular weight excluding hydrogens is 615 g/mol. The summed E-state index contributed by atoms with van der Waals surface area (Å²) in [5, 5.41) is 8.90. The van der Waals surface area contributed by atoms with Crippen molar-refractivity contribution in [2.24, 2.45) is 5.92 Å². The van der Waals surface area contributed by atoms with Gasteiger partial charge in [0.25, 0.3) is 0 Å². The van der Waals surface area contributed by atoms with Crippen molar-refractivity contribution < 1.29 is 4.79 Å². The molecule has 10 heteroatoms. The van der Waals surface area contributed by atoms with Crippen molar-refractivity contribution in [2.45, 2.75) is 16.8 Å². The molecular formula is C25H17BrCl5N3O. The van der Waals surface area contributed by atoms with Gasteiger partial charge in [0.1, 0.15) is 4.33 Å². The lowest BCUT2D eigenvalue weighted by atomic mass is 10.1. The number of alkyl halides is 2. The number of nitrogens with one attached hydrogen (secondary N) is 3. The highest BCUT2D eigenvalue weighted by Crippen LogP contribution is 2.65. The van der Waals surface area contributed by atoms with Gasteiger partial charge in [-0.2, -0.15) is 0 Å². The summed E-state index contributed by atoms with van der Waals surface area (Å²) in [5.41, 5.74) is 4.07. The van der Waals surface area contributed by atoms with E-state index in [1.165, 1.54) is 0 Å². The maximum Gasteiger partial charge on any atom is 0.231 e. The summed E-state index contributed by atoms with van der Waals surface area (Å²) < 4.78 is -0.316. The zero-order valence-corrected chi connectivity index (χ0v) is 23.2. The lowest BCUT2D eigenvalue weighted by Gasteiger charge is -2.13. The molecule has 1 aromatic heterocycles. The van der Waals surface area contributed by atoms with Gasteiger partial charge in [-0.05, 0) is 81.7 Å². The monoisotopic (exact) mass is 629 g/mol. The number of hydrogen-bond donors (Lipinski definition) is 3. The topological polar surface area (TPSA) is 56.9 Å². The Bertz CT molecular complexity index is 1430. The molecule has 1 aliphatic rings. The summed E-state index contributed by atoms with van der Waals surface area (Å²) in [6, 6.07) is 16.4. The Hall–Kier alpha value is -1.60. The number of carbonyl (C=O) groups is 1. The molecule has 1 fully saturated rings. The van der Waals surface area contributed by atoms with Gasteiger partial charge in [-0.25, -0.2) is 0 Å². The second-order valence-corrected chi connectivity index (χ2v) is 12.0. The van der Waals surface area contributed by atoms with Gasteiger partial charge in [0.15, 0.2) is 0 Å². The van der Waals surface area contributed by atoms with E-state index in [0.29, 0.717) is 27.3 Å². The number of fused-ring (bicyclic) bond motifs is 1. The van der Waals surface area contributed by atoms with E-state index in [4.69, 9.17) is 58.0 Å². The quantitative estimate of drug-likeness (QED) is 0.186. The third kappa shape index (κ3) is 5.13. The first kappa shape index (κ1) is 25.1. The van der Waals surface area contributed by atoms with Crippen LogP contribution in [0.5, 0.6) is 0 Å². The highest BCUT2D eigenvalue weighted by Gasteiger charge is 2.67. The molecule has 4 aromatic rings. The lowest BCUT2D eigenvalue weighted by molar-refractivity contribution is -0.117. The lowest BCUT2D eigenvalue weighted by Crippen LogP contribution is -2.17. The zero-order valence-electron chi connectivity index (χ0n) is 17.8. The largest absolute Gasteiger partial charge is 0.380 e. The number of carbonyl (C=O) groups excluding carboxylic acids is 1. The standard InChI is InChI=1S/C25H17BrCl5N3O/c26-18-8-12-3-4-32-20(12)10-21(18)33-11-14-7-17(1-2-19(14)29)34-24(35)23-22(25(23,30)31)13-5-15(27)9-16(28)6-13/h1-10,22-23,32-33H,11H2,(H,34,35). The van der Waals surface area contributed by atoms with Gasteiger partial charge in [-0.1, -0.05) is 34.8 Å². The van der Waals surface area contributed by atoms with E-state index < -0.39 is 16.2 Å². The van der Waals surface area contributed by atoms with E-state index in [0.717, 1.165) is 32.2 Å². The first-order valence-electron chi connectivity index (χ1n) is 10.6. The van der Waals surface area contributed by atoms with Crippen LogP contribution >= 0.6 is 73.9 Å². The molecule has 2 atom stereocenters. The van der Waals surface area contributed by atoms with Gasteiger partial charge < -0.3 is 15.6 Å². The summed E-state index contributed by atoms with van der Waals surface area (Å²) in [6.07, 6.45) is 1.89. The van der Waals surface area contributed by atoms with Crippen LogP contribution in [0.25, 0.3) is 10.9 Å². The van der Waals surface area contributed by atoms with Crippen LogP contribution in [0.1, 0.15) is 17.0 Å². The summed E-state index contributed by atoms with van der Waals surface area (Å²) in [7, 11) is 0. The zero-order chi connectivity index (χ0) is 24.9. The van der Waals surface area contributed by atoms with Crippen molar-refractivity contribution in [3.8, 4) is 0 Å². The average Bonchev–Trinajstić information content (AvgIpc) is 3.10. The van der Waals surface area contributed by atoms with Crippen LogP contribution in [0, 0.1) is 5.92 Å². The molecule has 1 amide bonds. The highest BCUT2D eigenvalue weighted by molar-refractivity contribution is 9.10. The number of halogens is 6. The molecule has 0 aliphatic heterocycles. The van der Waals surface area contributed by atoms with E-state index in [-0.39, 0.29) is 5.91 Å². The molecule has 0 bridgehead atoms. The fraction of sp³-hybridized carbons (Fsp3) is 0.160. The molecule has 0 spiro atoms. The van der Waals surface area contributed by atoms with E-state index >= 15 is 0 Å². The van der Waals surface area contributed by atoms with E-state index in [9.17, 15) is 4.79 Å². The Morgan fingerprint density at radius 3 is 2.49 bits per heavy atom. The molecule has 0 radical (unpaired) electrons. The number of amides is 1. The number of anilines is 2. The SMILES string of the molecule is O=C(Nc1ccc(Cl)c(CNc2cc3[nH]ccc3cc2Br)c1)C1C(c2cc(Cl)cc(Cl)c2)C1(Cl)Cl. The van der Waals surface area contributed by atoms with Gasteiger partial charge in [0, 0.05) is 54.8 Å². The predicted molar refractivity (Wildman–Crippen MR) is 151 cm³/mol. The molecule has 1 aliphatic carbocycles. The molecule has 3 aromatic carbocycles. The first-order valence-corrected chi connectivity index (χ1v) is 13.3. The molecule has 2 unspecified atom stereocenters. The van der Waals surface area contributed by atoms with Gasteiger partial charge >= 0.3 is 0 Å². The fourth-order valence-electron chi connectivity index (χ4n) is 4.23. The normalized spacial score (nSPS) is 18.5. The number of H-pyrrole nitrogens is 1. The Labute approximate surface area is 235 Å². The Morgan fingerprint density at radius 2 is 1.74 bits per heavy atom. The minimum Gasteiger partial charge on any atom is -0.380 e. The first-order chi connectivity index (χ1) is 16.6. The van der Waals surface area contributed by atoms with Crippen LogP contribution in [0.15, 0.2) is 65.3 Å². The van der Waals surface area contributed by atoms with Gasteiger partial charge in [0.05, 0.1) is 11.6 Å². The van der Waals surface area contributed by atoms with E-state index in [2.05, 4.69) is 31.5 Å². The van der Waals surface area contributed by atoms with Crippen LogP contribution in [0.2, 0.25) is 15.1 Å². The molecule has 3 N–H and O–H groups in total. The summed E-state index contributed by atoms with van der Waals surface area (Å²) >= 11 is 35.2.